The van der Waals surface area contributed by atoms with E-state index in [4.69, 9.17) is 23.4 Å². The molecule has 2 saturated heterocycles. The van der Waals surface area contributed by atoms with Crippen LogP contribution < -0.4 is 15.7 Å². The summed E-state index contributed by atoms with van der Waals surface area (Å²) >= 11 is 0. The number of amides is 1. The molecule has 294 valence electrons. The quantitative estimate of drug-likeness (QED) is 0.138. The number of aliphatic hydroxyl groups is 5. The molecule has 7 N–H and O–H groups in total. The van der Waals surface area contributed by atoms with Gasteiger partial charge in [0.2, 0.25) is 5.91 Å². The van der Waals surface area contributed by atoms with Crippen molar-refractivity contribution in [2.24, 2.45) is 5.92 Å². The van der Waals surface area contributed by atoms with Crippen molar-refractivity contribution in [3.63, 3.8) is 0 Å². The van der Waals surface area contributed by atoms with Crippen molar-refractivity contribution in [2.75, 3.05) is 13.2 Å². The lowest BCUT2D eigenvalue weighted by molar-refractivity contribution is -0.346. The van der Waals surface area contributed by atoms with Gasteiger partial charge in [-0.1, -0.05) is 101 Å². The molecule has 0 aromatic heterocycles. The maximum absolute atomic E-state index is 12.8. The summed E-state index contributed by atoms with van der Waals surface area (Å²) in [5.41, 5.74) is 0. The normalized spacial score (nSPS) is 32.2. The Labute approximate surface area is 311 Å². The highest BCUT2D eigenvalue weighted by atomic mass is 28.4. The molecule has 2 aromatic rings. The number of aliphatic carboxylic acids is 1. The van der Waals surface area contributed by atoms with Crippen LogP contribution in [0, 0.1) is 5.92 Å². The first-order valence-corrected chi connectivity index (χ1v) is 20.3. The van der Waals surface area contributed by atoms with E-state index in [0.717, 1.165) is 29.6 Å². The standard InChI is InChI=1S/C38H55NO13Si/c1-22(42)39-28-33(51-37-31(45)34(30(44)27(21-41)49-37)50-32(35(46)47)23-14-8-5-9-15-23)29(43)26(20-40)48-36(28)52-53(38(2,3)4,24-16-10-6-11-17-24)25-18-12-7-13-19-25/h6-7,10-13,16-19,23,26-34,36-37,40-41,43-45H,5,8-9,14-15,20-21H2,1-4H3,(H,39,42)(H,46,47)/t26-,27-,28-,29+,30+,31-,32-,33-,34+,36+,37+/m1/s1. The smallest absolute Gasteiger partial charge is 0.333 e. The summed E-state index contributed by atoms with van der Waals surface area (Å²) in [6, 6.07) is 18.0. The Morgan fingerprint density at radius 1 is 0.811 bits per heavy atom. The average Bonchev–Trinajstić information content (AvgIpc) is 3.14. The minimum absolute atomic E-state index is 0.360. The zero-order valence-electron chi connectivity index (χ0n) is 30.7. The predicted molar refractivity (Wildman–Crippen MR) is 194 cm³/mol. The third kappa shape index (κ3) is 8.86. The molecule has 53 heavy (non-hydrogen) atoms. The molecule has 15 heteroatoms. The maximum atomic E-state index is 12.8. The molecule has 3 aliphatic rings. The molecular formula is C38H55NO13Si. The molecule has 3 fully saturated rings. The van der Waals surface area contributed by atoms with Crippen molar-refractivity contribution < 1.29 is 63.6 Å². The molecular weight excluding hydrogens is 706 g/mol. The van der Waals surface area contributed by atoms with E-state index in [0.29, 0.717) is 12.8 Å². The topological polar surface area (TPSA) is 214 Å². The molecule has 2 heterocycles. The Hall–Kier alpha value is -2.80. The summed E-state index contributed by atoms with van der Waals surface area (Å²) in [5.74, 6) is -2.13. The molecule has 1 aliphatic carbocycles. The lowest BCUT2D eigenvalue weighted by atomic mass is 9.85. The first kappa shape index (κ1) is 41.4. The third-order valence-electron chi connectivity index (χ3n) is 10.7. The van der Waals surface area contributed by atoms with E-state index in [9.17, 15) is 40.2 Å². The monoisotopic (exact) mass is 761 g/mol. The largest absolute Gasteiger partial charge is 0.479 e. The average molecular weight is 762 g/mol. The highest BCUT2D eigenvalue weighted by Gasteiger charge is 2.57. The summed E-state index contributed by atoms with van der Waals surface area (Å²) in [6.07, 6.45) is -11.3. The van der Waals surface area contributed by atoms with Crippen molar-refractivity contribution in [1.29, 1.82) is 0 Å². The minimum Gasteiger partial charge on any atom is -0.479 e. The third-order valence-corrected chi connectivity index (χ3v) is 15.7. The van der Waals surface area contributed by atoms with Gasteiger partial charge in [-0.3, -0.25) is 4.79 Å². The number of carboxylic acids is 1. The molecule has 2 aliphatic heterocycles. The van der Waals surface area contributed by atoms with Crippen molar-refractivity contribution in [2.45, 2.75) is 132 Å². The Balaban J connectivity index is 1.53. The van der Waals surface area contributed by atoms with E-state index in [2.05, 4.69) is 5.32 Å². The van der Waals surface area contributed by atoms with Gasteiger partial charge in [0.25, 0.3) is 8.32 Å². The first-order chi connectivity index (χ1) is 25.2. The molecule has 0 spiro atoms. The van der Waals surface area contributed by atoms with Crippen molar-refractivity contribution >= 4 is 30.6 Å². The van der Waals surface area contributed by atoms with Crippen LogP contribution in [-0.4, -0.2) is 132 Å². The van der Waals surface area contributed by atoms with Gasteiger partial charge < -0.3 is 59.3 Å². The van der Waals surface area contributed by atoms with Gasteiger partial charge >= 0.3 is 5.97 Å². The number of hydrogen-bond donors (Lipinski definition) is 7. The summed E-state index contributed by atoms with van der Waals surface area (Å²) < 4.78 is 31.6. The number of ether oxygens (including phenoxy) is 4. The molecule has 2 aromatic carbocycles. The zero-order valence-corrected chi connectivity index (χ0v) is 31.7. The highest BCUT2D eigenvalue weighted by Crippen LogP contribution is 2.40. The van der Waals surface area contributed by atoms with E-state index in [1.165, 1.54) is 6.92 Å². The van der Waals surface area contributed by atoms with E-state index in [1.807, 2.05) is 81.4 Å². The second kappa shape index (κ2) is 17.8. The number of benzene rings is 2. The summed E-state index contributed by atoms with van der Waals surface area (Å²) in [7, 11) is -3.39. The fourth-order valence-electron chi connectivity index (χ4n) is 8.04. The van der Waals surface area contributed by atoms with Gasteiger partial charge in [0.15, 0.2) is 18.7 Å². The summed E-state index contributed by atoms with van der Waals surface area (Å²) in [4.78, 5) is 25.2. The Kier molecular flexibility index (Phi) is 13.9. The van der Waals surface area contributed by atoms with Crippen LogP contribution in [0.1, 0.15) is 59.8 Å². The second-order valence-electron chi connectivity index (χ2n) is 15.3. The van der Waals surface area contributed by atoms with Crippen LogP contribution in [-0.2, 0) is 33.0 Å². The van der Waals surface area contributed by atoms with Crippen molar-refractivity contribution in [1.82, 2.24) is 5.32 Å². The fraction of sp³-hybridized carbons (Fsp3) is 0.632. The Morgan fingerprint density at radius 3 is 1.79 bits per heavy atom. The maximum Gasteiger partial charge on any atom is 0.333 e. The van der Waals surface area contributed by atoms with E-state index in [-0.39, 0.29) is 5.92 Å². The number of rotatable bonds is 13. The Bertz CT molecular complexity index is 1430. The number of carbonyl (C=O) groups is 2. The van der Waals surface area contributed by atoms with Crippen molar-refractivity contribution in [3.05, 3.63) is 60.7 Å². The van der Waals surface area contributed by atoms with Gasteiger partial charge in [0, 0.05) is 6.92 Å². The summed E-state index contributed by atoms with van der Waals surface area (Å²) in [6.45, 7) is 6.00. The molecule has 1 saturated carbocycles. The van der Waals surface area contributed by atoms with Crippen LogP contribution in [0.25, 0.3) is 0 Å². The zero-order chi connectivity index (χ0) is 38.5. The van der Waals surface area contributed by atoms with E-state index < -0.39 is 106 Å². The van der Waals surface area contributed by atoms with Crippen LogP contribution >= 0.6 is 0 Å². The van der Waals surface area contributed by atoms with E-state index >= 15 is 0 Å². The SMILES string of the molecule is CC(=O)N[C@H]1[C@H](O[Si](c2ccccc2)(c2ccccc2)C(C)(C)C)O[C@H](CO)[C@H](O)[C@@H]1O[C@@H]1O[C@H](CO)[C@H](O)[C@H](O[C@@H](C(=O)O)C2CCCCC2)[C@H]1O. The van der Waals surface area contributed by atoms with Gasteiger partial charge in [-0.25, -0.2) is 4.79 Å². The summed E-state index contributed by atoms with van der Waals surface area (Å²) in [5, 5.41) is 69.1. The van der Waals surface area contributed by atoms with Gasteiger partial charge in [0.1, 0.15) is 48.8 Å². The van der Waals surface area contributed by atoms with Gasteiger partial charge in [-0.15, -0.1) is 0 Å². The van der Waals surface area contributed by atoms with Crippen LogP contribution in [0.3, 0.4) is 0 Å². The lowest BCUT2D eigenvalue weighted by Crippen LogP contribution is -2.73. The number of hydrogen-bond acceptors (Lipinski definition) is 12. The predicted octanol–water partition coefficient (Wildman–Crippen LogP) is 0.389. The number of aliphatic hydroxyl groups excluding tert-OH is 5. The first-order valence-electron chi connectivity index (χ1n) is 18.4. The van der Waals surface area contributed by atoms with Crippen LogP contribution in [0.2, 0.25) is 5.04 Å². The van der Waals surface area contributed by atoms with Crippen LogP contribution in [0.4, 0.5) is 0 Å². The fourth-order valence-corrected chi connectivity index (χ4v) is 12.6. The molecule has 0 radical (unpaired) electrons. The molecule has 0 bridgehead atoms. The van der Waals surface area contributed by atoms with Gasteiger partial charge in [-0.05, 0) is 34.2 Å². The lowest BCUT2D eigenvalue weighted by Gasteiger charge is -2.51. The molecule has 0 unspecified atom stereocenters. The van der Waals surface area contributed by atoms with Crippen LogP contribution in [0.15, 0.2) is 60.7 Å². The van der Waals surface area contributed by atoms with Gasteiger partial charge in [0.05, 0.1) is 13.2 Å². The number of carboxylic acid groups (broad SMARTS) is 1. The number of nitrogens with one attached hydrogen (secondary N) is 1. The Morgan fingerprint density at radius 2 is 1.32 bits per heavy atom. The molecule has 5 rings (SSSR count). The van der Waals surface area contributed by atoms with Crippen molar-refractivity contribution in [3.8, 4) is 0 Å². The second-order valence-corrected chi connectivity index (χ2v) is 19.5. The highest BCUT2D eigenvalue weighted by molar-refractivity contribution is 6.99. The van der Waals surface area contributed by atoms with E-state index in [1.54, 1.807) is 0 Å². The van der Waals surface area contributed by atoms with Gasteiger partial charge in [-0.2, -0.15) is 0 Å². The number of carbonyl (C=O) groups excluding carboxylic acids is 1. The molecule has 1 amide bonds. The minimum atomic E-state index is -3.39. The molecule has 11 atom stereocenters. The molecule has 14 nitrogen and oxygen atoms in total. The van der Waals surface area contributed by atoms with Crippen LogP contribution in [0.5, 0.6) is 0 Å².